The van der Waals surface area contributed by atoms with Crippen LogP contribution in [0.2, 0.25) is 0 Å². The van der Waals surface area contributed by atoms with Gasteiger partial charge in [0.2, 0.25) is 0 Å². The van der Waals surface area contributed by atoms with Gasteiger partial charge < -0.3 is 28.8 Å². The van der Waals surface area contributed by atoms with E-state index in [-0.39, 0.29) is 0 Å². The van der Waals surface area contributed by atoms with Crippen LogP contribution in [-0.2, 0) is 9.59 Å². The molecule has 0 saturated heterocycles. The van der Waals surface area contributed by atoms with E-state index in [0.717, 1.165) is 0 Å². The Morgan fingerprint density at radius 1 is 0.258 bits per heavy atom. The van der Waals surface area contributed by atoms with Crippen molar-refractivity contribution >= 4 is 11.9 Å². The van der Waals surface area contributed by atoms with E-state index in [1.165, 1.54) is 292 Å². The second-order valence-electron chi connectivity index (χ2n) is 20.7. The molecule has 0 N–H and O–H groups in total. The smallest absolute Gasteiger partial charge is 0.0782 e. The Hall–Kier alpha value is -1.14. The van der Waals surface area contributed by atoms with E-state index in [1.54, 1.807) is 0 Å². The van der Waals surface area contributed by atoms with E-state index in [4.69, 9.17) is 0 Å². The van der Waals surface area contributed by atoms with Crippen LogP contribution in [0.3, 0.4) is 0 Å². The number of quaternary nitrogens is 2. The highest BCUT2D eigenvalue weighted by atomic mass is 16.4. The number of nitrogens with zero attached hydrogens (tertiary/aromatic N) is 2. The van der Waals surface area contributed by atoms with Crippen LogP contribution < -0.4 is 10.2 Å². The Kier molecular flexibility index (Phi) is 55.1. The van der Waals surface area contributed by atoms with Crippen LogP contribution in [0.25, 0.3) is 0 Å². The number of carboxylic acids is 2. The van der Waals surface area contributed by atoms with E-state index in [1.807, 2.05) is 0 Å². The first-order chi connectivity index (χ1) is 29.9. The van der Waals surface area contributed by atoms with E-state index in [0.29, 0.717) is 0 Å². The highest BCUT2D eigenvalue weighted by Crippen LogP contribution is 2.16. The predicted molar refractivity (Wildman–Crippen MR) is 270 cm³/mol. The standard InChI is InChI=1S/2C26H56N.C4H6O4/c2*1-5-7-9-11-13-15-17-19-21-23-25-27(3,4)26-24-22-20-18-16-14-12-10-8-6-2;5-3(6)1-2-4(7)8/h2*5-26H2,1-4H3;1-2H2,(H,5,6)(H,7,8)/q2*+1;/p-2. The second kappa shape index (κ2) is 52.5. The first-order valence-electron chi connectivity index (χ1n) is 27.9. The molecule has 0 heterocycles. The Labute approximate surface area is 391 Å². The van der Waals surface area contributed by atoms with Crippen LogP contribution in [0.1, 0.15) is 297 Å². The van der Waals surface area contributed by atoms with Gasteiger partial charge in [-0.15, -0.1) is 0 Å². The van der Waals surface area contributed by atoms with Gasteiger partial charge in [0.05, 0.1) is 54.4 Å². The Morgan fingerprint density at radius 2 is 0.387 bits per heavy atom. The SMILES string of the molecule is CCCCCCCCCCCC[N+](C)(C)CCCCCCCCCCCC.CCCCCCCCCCCC[N+](C)(C)CCCCCCCCCCCC.O=C([O-])CCC(=O)[O-]. The summed E-state index contributed by atoms with van der Waals surface area (Å²) in [7, 11) is 9.78. The summed E-state index contributed by atoms with van der Waals surface area (Å²) in [6.07, 6.45) is 57.0. The van der Waals surface area contributed by atoms with Crippen molar-refractivity contribution in [1.29, 1.82) is 0 Å². The molecule has 6 nitrogen and oxygen atoms in total. The number of unbranched alkanes of at least 4 members (excludes halogenated alkanes) is 36. The molecular formula is C56H116N2O4. The molecule has 0 aliphatic carbocycles. The van der Waals surface area contributed by atoms with Crippen molar-refractivity contribution < 1.29 is 28.8 Å². The number of hydrogen-bond donors (Lipinski definition) is 0. The van der Waals surface area contributed by atoms with Gasteiger partial charge in [-0.05, 0) is 64.2 Å². The topological polar surface area (TPSA) is 80.3 Å². The first-order valence-corrected chi connectivity index (χ1v) is 27.9. The molecule has 0 rings (SSSR count). The van der Waals surface area contributed by atoms with Gasteiger partial charge in [0.1, 0.15) is 0 Å². The molecular weight excluding hydrogens is 765 g/mol. The zero-order chi connectivity index (χ0) is 46.7. The summed E-state index contributed by atoms with van der Waals surface area (Å²) >= 11 is 0. The molecule has 0 aromatic carbocycles. The highest BCUT2D eigenvalue weighted by Gasteiger charge is 2.14. The monoisotopic (exact) mass is 881 g/mol. The van der Waals surface area contributed by atoms with Crippen LogP contribution in [0, 0.1) is 0 Å². The molecule has 0 unspecified atom stereocenters. The van der Waals surface area contributed by atoms with Crippen molar-refractivity contribution in [1.82, 2.24) is 0 Å². The third-order valence-corrected chi connectivity index (χ3v) is 13.0. The normalized spacial score (nSPS) is 11.5. The van der Waals surface area contributed by atoms with Crippen molar-refractivity contribution in [2.45, 2.75) is 297 Å². The van der Waals surface area contributed by atoms with Gasteiger partial charge in [-0.25, -0.2) is 0 Å². The molecule has 0 fully saturated rings. The largest absolute Gasteiger partial charge is 0.550 e. The lowest BCUT2D eigenvalue weighted by Crippen LogP contribution is -2.41. The fraction of sp³-hybridized carbons (Fsp3) is 0.964. The number of hydrogen-bond acceptors (Lipinski definition) is 4. The number of aliphatic carboxylic acids is 2. The molecule has 0 radical (unpaired) electrons. The summed E-state index contributed by atoms with van der Waals surface area (Å²) in [5, 5.41) is 19.0. The van der Waals surface area contributed by atoms with E-state index >= 15 is 0 Å². The number of carboxylic acid groups (broad SMARTS) is 2. The Morgan fingerprint density at radius 3 is 0.516 bits per heavy atom. The van der Waals surface area contributed by atoms with Crippen LogP contribution >= 0.6 is 0 Å². The molecule has 0 aromatic rings. The van der Waals surface area contributed by atoms with Crippen molar-refractivity contribution in [2.24, 2.45) is 0 Å². The maximum Gasteiger partial charge on any atom is 0.0782 e. The molecule has 0 aliphatic rings. The summed E-state index contributed by atoms with van der Waals surface area (Å²) in [5.41, 5.74) is 0. The molecule has 0 aromatic heterocycles. The van der Waals surface area contributed by atoms with Crippen molar-refractivity contribution in [3.05, 3.63) is 0 Å². The number of carbonyl (C=O) groups is 2. The summed E-state index contributed by atoms with van der Waals surface area (Å²) in [4.78, 5) is 19.0. The minimum Gasteiger partial charge on any atom is -0.550 e. The molecule has 0 bridgehead atoms. The molecule has 6 heteroatoms. The quantitative estimate of drug-likeness (QED) is 0.0450. The van der Waals surface area contributed by atoms with Crippen LogP contribution in [0.4, 0.5) is 0 Å². The maximum atomic E-state index is 9.50. The van der Waals surface area contributed by atoms with Crippen LogP contribution in [-0.4, -0.2) is 75.3 Å². The molecule has 374 valence electrons. The highest BCUT2D eigenvalue weighted by molar-refractivity contribution is 5.72. The third kappa shape index (κ3) is 63.2. The van der Waals surface area contributed by atoms with Gasteiger partial charge >= 0.3 is 0 Å². The molecule has 62 heavy (non-hydrogen) atoms. The second-order valence-corrected chi connectivity index (χ2v) is 20.7. The maximum absolute atomic E-state index is 9.50. The molecule has 0 spiro atoms. The molecule has 0 aliphatic heterocycles. The summed E-state index contributed by atoms with van der Waals surface area (Å²) in [6, 6.07) is 0. The third-order valence-electron chi connectivity index (χ3n) is 13.0. The van der Waals surface area contributed by atoms with Crippen LogP contribution in [0.5, 0.6) is 0 Å². The lowest BCUT2D eigenvalue weighted by molar-refractivity contribution is -0.890. The molecule has 0 saturated carbocycles. The predicted octanol–water partition coefficient (Wildman–Crippen LogP) is 15.1. The van der Waals surface area contributed by atoms with Gasteiger partial charge in [0, 0.05) is 11.9 Å². The molecule has 0 atom stereocenters. The average Bonchev–Trinajstić information content (AvgIpc) is 3.23. The van der Waals surface area contributed by atoms with Gasteiger partial charge in [0.25, 0.3) is 0 Å². The number of carbonyl (C=O) groups excluding carboxylic acids is 2. The van der Waals surface area contributed by atoms with Gasteiger partial charge in [-0.1, -0.05) is 233 Å². The van der Waals surface area contributed by atoms with Crippen molar-refractivity contribution in [2.75, 3.05) is 54.4 Å². The van der Waals surface area contributed by atoms with E-state index < -0.39 is 24.8 Å². The van der Waals surface area contributed by atoms with Gasteiger partial charge in [-0.2, -0.15) is 0 Å². The zero-order valence-electron chi connectivity index (χ0n) is 44.1. The summed E-state index contributed by atoms with van der Waals surface area (Å²) < 4.78 is 2.49. The van der Waals surface area contributed by atoms with E-state index in [9.17, 15) is 19.8 Å². The minimum absolute atomic E-state index is 0.470. The fourth-order valence-electron chi connectivity index (χ4n) is 8.54. The average molecular weight is 882 g/mol. The fourth-order valence-corrected chi connectivity index (χ4v) is 8.54. The lowest BCUT2D eigenvalue weighted by Gasteiger charge is -2.30. The van der Waals surface area contributed by atoms with Crippen LogP contribution in [0.15, 0.2) is 0 Å². The van der Waals surface area contributed by atoms with Gasteiger partial charge in [0.15, 0.2) is 0 Å². The Balaban J connectivity index is -0.000000953. The first kappa shape index (κ1) is 65.1. The minimum atomic E-state index is -1.37. The van der Waals surface area contributed by atoms with Crippen molar-refractivity contribution in [3.8, 4) is 0 Å². The molecule has 0 amide bonds. The Bertz CT molecular complexity index is 754. The summed E-state index contributed by atoms with van der Waals surface area (Å²) in [5.74, 6) is -2.73. The lowest BCUT2D eigenvalue weighted by atomic mass is 10.1. The van der Waals surface area contributed by atoms with Crippen molar-refractivity contribution in [3.63, 3.8) is 0 Å². The summed E-state index contributed by atoms with van der Waals surface area (Å²) in [6.45, 7) is 14.7. The zero-order valence-corrected chi connectivity index (χ0v) is 44.1. The van der Waals surface area contributed by atoms with E-state index in [2.05, 4.69) is 55.9 Å². The van der Waals surface area contributed by atoms with Gasteiger partial charge in [-0.3, -0.25) is 0 Å². The number of rotatable bonds is 47.